The van der Waals surface area contributed by atoms with E-state index in [0.717, 1.165) is 11.3 Å². The van der Waals surface area contributed by atoms with Crippen LogP contribution in [0.3, 0.4) is 0 Å². The smallest absolute Gasteiger partial charge is 0.296 e. The van der Waals surface area contributed by atoms with E-state index in [4.69, 9.17) is 9.47 Å². The summed E-state index contributed by atoms with van der Waals surface area (Å²) in [7, 11) is 1.43. The molecule has 1 amide bonds. The molecule has 0 unspecified atom stereocenters. The quantitative estimate of drug-likeness (QED) is 0.362. The van der Waals surface area contributed by atoms with Crippen molar-refractivity contribution >= 4 is 22.4 Å². The van der Waals surface area contributed by atoms with Crippen molar-refractivity contribution in [2.75, 3.05) is 12.4 Å². The van der Waals surface area contributed by atoms with E-state index in [9.17, 15) is 14.3 Å². The standard InChI is InChI=1S/C24H23FN6O4S/c1-13-8-15(20-17(25)6-5-7-18(20)34-4)16(10-26-13)21(32)29-22-30-31-23(36-22)35-12-14-9-28-19(11-27-14)24(2,3)33/h5-11,33H,12H2,1-4H3,(H,29,30,32). The molecule has 0 aliphatic rings. The molecule has 1 aromatic carbocycles. The van der Waals surface area contributed by atoms with E-state index in [2.05, 4.69) is 30.5 Å². The minimum Gasteiger partial charge on any atom is -0.496 e. The molecule has 0 saturated heterocycles. The van der Waals surface area contributed by atoms with Gasteiger partial charge in [0.05, 0.1) is 42.0 Å². The Hall–Kier alpha value is -4.03. The van der Waals surface area contributed by atoms with E-state index in [0.29, 0.717) is 28.4 Å². The number of aliphatic hydroxyl groups is 1. The SMILES string of the molecule is COc1cccc(F)c1-c1cc(C)ncc1C(=O)Nc1nnc(OCc2cnc(C(C)(C)O)cn2)s1. The monoisotopic (exact) mass is 510 g/mol. The zero-order chi connectivity index (χ0) is 25.9. The molecule has 186 valence electrons. The van der Waals surface area contributed by atoms with E-state index < -0.39 is 17.3 Å². The van der Waals surface area contributed by atoms with Crippen LogP contribution >= 0.6 is 11.3 Å². The lowest BCUT2D eigenvalue weighted by Gasteiger charge is -2.15. The van der Waals surface area contributed by atoms with Crippen molar-refractivity contribution in [2.24, 2.45) is 0 Å². The molecule has 12 heteroatoms. The van der Waals surface area contributed by atoms with Crippen LogP contribution in [0.25, 0.3) is 11.1 Å². The van der Waals surface area contributed by atoms with Crippen molar-refractivity contribution < 1.29 is 23.8 Å². The van der Waals surface area contributed by atoms with Crippen LogP contribution in [-0.2, 0) is 12.2 Å². The lowest BCUT2D eigenvalue weighted by Crippen LogP contribution is -2.18. The van der Waals surface area contributed by atoms with Crippen LogP contribution < -0.4 is 14.8 Å². The first kappa shape index (κ1) is 25.1. The van der Waals surface area contributed by atoms with Gasteiger partial charge in [-0.05, 0) is 50.3 Å². The first-order valence-electron chi connectivity index (χ1n) is 10.8. The summed E-state index contributed by atoms with van der Waals surface area (Å²) < 4.78 is 25.6. The van der Waals surface area contributed by atoms with Crippen molar-refractivity contribution in [1.29, 1.82) is 0 Å². The number of ether oxygens (including phenoxy) is 2. The van der Waals surface area contributed by atoms with Crippen molar-refractivity contribution in [3.8, 4) is 22.1 Å². The van der Waals surface area contributed by atoms with Crippen LogP contribution in [0.5, 0.6) is 10.9 Å². The second kappa shape index (κ2) is 10.3. The molecule has 3 aromatic heterocycles. The molecular weight excluding hydrogens is 487 g/mol. The largest absolute Gasteiger partial charge is 0.496 e. The summed E-state index contributed by atoms with van der Waals surface area (Å²) in [6, 6.07) is 6.06. The summed E-state index contributed by atoms with van der Waals surface area (Å²) in [6.07, 6.45) is 4.35. The number of amides is 1. The second-order valence-electron chi connectivity index (χ2n) is 8.26. The summed E-state index contributed by atoms with van der Waals surface area (Å²) >= 11 is 1.01. The number of halogens is 1. The fraction of sp³-hybridized carbons (Fsp3) is 0.250. The number of hydrogen-bond donors (Lipinski definition) is 2. The van der Waals surface area contributed by atoms with Gasteiger partial charge < -0.3 is 14.6 Å². The molecule has 4 aromatic rings. The number of aryl methyl sites for hydroxylation is 1. The Labute approximate surface area is 210 Å². The van der Waals surface area contributed by atoms with Gasteiger partial charge >= 0.3 is 0 Å². The van der Waals surface area contributed by atoms with Gasteiger partial charge in [-0.25, -0.2) is 4.39 Å². The van der Waals surface area contributed by atoms with Crippen molar-refractivity contribution in [3.05, 3.63) is 71.3 Å². The molecule has 10 nitrogen and oxygen atoms in total. The number of rotatable bonds is 8. The van der Waals surface area contributed by atoms with Crippen molar-refractivity contribution in [3.63, 3.8) is 0 Å². The minimum atomic E-state index is -1.09. The van der Waals surface area contributed by atoms with E-state index in [1.807, 2.05) is 0 Å². The number of nitrogens with one attached hydrogen (secondary N) is 1. The maximum Gasteiger partial charge on any atom is 0.296 e. The Kier molecular flexibility index (Phi) is 7.17. The lowest BCUT2D eigenvalue weighted by atomic mass is 9.98. The summed E-state index contributed by atoms with van der Waals surface area (Å²) in [5.41, 5.74) is 1.12. The molecule has 0 aliphatic carbocycles. The third-order valence-corrected chi connectivity index (χ3v) is 5.80. The van der Waals surface area contributed by atoms with Crippen LogP contribution in [0.4, 0.5) is 9.52 Å². The number of nitrogens with zero attached hydrogens (tertiary/aromatic N) is 5. The van der Waals surface area contributed by atoms with Gasteiger partial charge in [-0.2, -0.15) is 0 Å². The molecule has 0 bridgehead atoms. The van der Waals surface area contributed by atoms with E-state index in [1.54, 1.807) is 32.9 Å². The molecule has 0 atom stereocenters. The Morgan fingerprint density at radius 2 is 1.97 bits per heavy atom. The highest BCUT2D eigenvalue weighted by Crippen LogP contribution is 2.35. The third kappa shape index (κ3) is 5.61. The fourth-order valence-corrected chi connectivity index (χ4v) is 3.84. The molecule has 3 heterocycles. The number of aromatic nitrogens is 5. The van der Waals surface area contributed by atoms with Crippen LogP contribution in [0, 0.1) is 12.7 Å². The van der Waals surface area contributed by atoms with Crippen LogP contribution in [-0.4, -0.2) is 43.3 Å². The molecular formula is C24H23FN6O4S. The summed E-state index contributed by atoms with van der Waals surface area (Å²) in [6.45, 7) is 5.05. The highest BCUT2D eigenvalue weighted by atomic mass is 32.1. The highest BCUT2D eigenvalue weighted by Gasteiger charge is 2.22. The maximum absolute atomic E-state index is 14.7. The third-order valence-electron chi connectivity index (χ3n) is 5.05. The zero-order valence-electron chi connectivity index (χ0n) is 19.9. The number of benzene rings is 1. The topological polar surface area (TPSA) is 132 Å². The molecule has 36 heavy (non-hydrogen) atoms. The number of hydrogen-bond acceptors (Lipinski definition) is 10. The van der Waals surface area contributed by atoms with Gasteiger partial charge in [-0.15, -0.1) is 5.10 Å². The Morgan fingerprint density at radius 3 is 2.67 bits per heavy atom. The van der Waals surface area contributed by atoms with Crippen LogP contribution in [0.15, 0.2) is 42.9 Å². The van der Waals surface area contributed by atoms with Gasteiger partial charge in [-0.1, -0.05) is 11.2 Å². The van der Waals surface area contributed by atoms with Gasteiger partial charge in [0.1, 0.15) is 23.8 Å². The average molecular weight is 511 g/mol. The molecule has 0 fully saturated rings. The van der Waals surface area contributed by atoms with E-state index in [1.165, 1.54) is 37.8 Å². The van der Waals surface area contributed by atoms with Crippen molar-refractivity contribution in [2.45, 2.75) is 33.0 Å². The molecule has 4 rings (SSSR count). The van der Waals surface area contributed by atoms with E-state index >= 15 is 0 Å². The number of carbonyl (C=O) groups excluding carboxylic acids is 1. The average Bonchev–Trinajstić information content (AvgIpc) is 3.29. The maximum atomic E-state index is 14.7. The predicted octanol–water partition coefficient (Wildman–Crippen LogP) is 3.90. The second-order valence-corrected chi connectivity index (χ2v) is 9.20. The first-order chi connectivity index (χ1) is 17.2. The summed E-state index contributed by atoms with van der Waals surface area (Å²) in [5, 5.41) is 20.9. The number of anilines is 1. The number of methoxy groups -OCH3 is 1. The minimum absolute atomic E-state index is 0.0703. The van der Waals surface area contributed by atoms with Gasteiger partial charge in [0.2, 0.25) is 5.13 Å². The van der Waals surface area contributed by atoms with Crippen LogP contribution in [0.2, 0.25) is 0 Å². The molecule has 0 saturated carbocycles. The fourth-order valence-electron chi connectivity index (χ4n) is 3.25. The van der Waals surface area contributed by atoms with Gasteiger partial charge in [-0.3, -0.25) is 25.1 Å². The van der Waals surface area contributed by atoms with Gasteiger partial charge in [0.15, 0.2) is 0 Å². The summed E-state index contributed by atoms with van der Waals surface area (Å²) in [5.74, 6) is -0.780. The Bertz CT molecular complexity index is 1390. The molecule has 0 radical (unpaired) electrons. The highest BCUT2D eigenvalue weighted by molar-refractivity contribution is 7.17. The van der Waals surface area contributed by atoms with Crippen LogP contribution in [0.1, 0.15) is 41.3 Å². The van der Waals surface area contributed by atoms with Gasteiger partial charge in [0, 0.05) is 17.5 Å². The van der Waals surface area contributed by atoms with E-state index in [-0.39, 0.29) is 28.1 Å². The predicted molar refractivity (Wildman–Crippen MR) is 130 cm³/mol. The molecule has 0 spiro atoms. The Morgan fingerprint density at radius 1 is 1.17 bits per heavy atom. The summed E-state index contributed by atoms with van der Waals surface area (Å²) in [4.78, 5) is 25.7. The number of carbonyl (C=O) groups is 1. The number of pyridine rings is 1. The molecule has 0 aliphatic heterocycles. The van der Waals surface area contributed by atoms with Gasteiger partial charge in [0.25, 0.3) is 11.1 Å². The lowest BCUT2D eigenvalue weighted by molar-refractivity contribution is 0.0732. The normalized spacial score (nSPS) is 11.3. The Balaban J connectivity index is 1.49. The zero-order valence-corrected chi connectivity index (χ0v) is 20.8. The van der Waals surface area contributed by atoms with Crippen molar-refractivity contribution in [1.82, 2.24) is 25.1 Å². The molecule has 2 N–H and O–H groups in total. The first-order valence-corrected chi connectivity index (χ1v) is 11.6.